The molecule has 0 radical (unpaired) electrons. The Morgan fingerprint density at radius 2 is 1.48 bits per heavy atom. The molecular formula is C22H30N6O3. The predicted molar refractivity (Wildman–Crippen MR) is 119 cm³/mol. The van der Waals surface area contributed by atoms with Crippen molar-refractivity contribution in [3.63, 3.8) is 0 Å². The van der Waals surface area contributed by atoms with E-state index in [4.69, 9.17) is 9.47 Å². The van der Waals surface area contributed by atoms with Gasteiger partial charge in [-0.2, -0.15) is 0 Å². The number of ether oxygens (including phenoxy) is 2. The molecule has 2 aromatic rings. The molecule has 9 heteroatoms. The van der Waals surface area contributed by atoms with Gasteiger partial charge in [-0.3, -0.25) is 4.79 Å². The van der Waals surface area contributed by atoms with E-state index in [-0.39, 0.29) is 12.5 Å². The van der Waals surface area contributed by atoms with E-state index in [0.29, 0.717) is 24.6 Å². The molecule has 2 aliphatic rings. The minimum Gasteiger partial charge on any atom is -0.493 e. The first-order valence-corrected chi connectivity index (χ1v) is 10.7. The minimum atomic E-state index is -0.0219. The number of carbonyl (C=O) groups excluding carboxylic acids is 1. The number of anilines is 2. The second-order valence-corrected chi connectivity index (χ2v) is 7.83. The van der Waals surface area contributed by atoms with E-state index in [2.05, 4.69) is 37.8 Å². The summed E-state index contributed by atoms with van der Waals surface area (Å²) in [5.41, 5.74) is 0. The van der Waals surface area contributed by atoms with Crippen LogP contribution in [-0.4, -0.2) is 98.8 Å². The zero-order valence-corrected chi connectivity index (χ0v) is 18.2. The van der Waals surface area contributed by atoms with E-state index >= 15 is 0 Å². The first-order valence-electron chi connectivity index (χ1n) is 10.7. The number of likely N-dealkylation sites (N-methyl/N-ethyl adjacent to an activating group) is 1. The van der Waals surface area contributed by atoms with E-state index in [1.165, 1.54) is 0 Å². The summed E-state index contributed by atoms with van der Waals surface area (Å²) in [6.45, 7) is 6.78. The number of methoxy groups -OCH3 is 1. The van der Waals surface area contributed by atoms with Crippen molar-refractivity contribution in [2.75, 3.05) is 82.9 Å². The number of amides is 1. The van der Waals surface area contributed by atoms with Gasteiger partial charge in [0.2, 0.25) is 0 Å². The van der Waals surface area contributed by atoms with Gasteiger partial charge in [0.15, 0.2) is 18.1 Å². The third-order valence-electron chi connectivity index (χ3n) is 5.84. The lowest BCUT2D eigenvalue weighted by Gasteiger charge is -2.36. The third-order valence-corrected chi connectivity index (χ3v) is 5.84. The average Bonchev–Trinajstić information content (AvgIpc) is 2.83. The number of aromatic nitrogens is 2. The Morgan fingerprint density at radius 3 is 2.10 bits per heavy atom. The van der Waals surface area contributed by atoms with E-state index in [1.807, 2.05) is 23.1 Å². The molecule has 0 saturated carbocycles. The largest absolute Gasteiger partial charge is 0.493 e. The maximum absolute atomic E-state index is 12.6. The number of nitrogens with zero attached hydrogens (tertiary/aromatic N) is 6. The summed E-state index contributed by atoms with van der Waals surface area (Å²) in [7, 11) is 3.73. The van der Waals surface area contributed by atoms with Crippen molar-refractivity contribution in [2.24, 2.45) is 0 Å². The molecular weight excluding hydrogens is 396 g/mol. The summed E-state index contributed by atoms with van der Waals surface area (Å²) >= 11 is 0. The number of para-hydroxylation sites is 2. The number of hydrogen-bond acceptors (Lipinski definition) is 8. The van der Waals surface area contributed by atoms with E-state index in [9.17, 15) is 4.79 Å². The van der Waals surface area contributed by atoms with Crippen molar-refractivity contribution < 1.29 is 14.3 Å². The fourth-order valence-electron chi connectivity index (χ4n) is 3.87. The maximum atomic E-state index is 12.6. The fraction of sp³-hybridized carbons (Fsp3) is 0.500. The molecule has 2 fully saturated rings. The summed E-state index contributed by atoms with van der Waals surface area (Å²) in [5, 5.41) is 0. The first-order chi connectivity index (χ1) is 15.1. The molecule has 0 aliphatic carbocycles. The van der Waals surface area contributed by atoms with E-state index in [0.717, 1.165) is 50.9 Å². The topological polar surface area (TPSA) is 74.3 Å². The molecule has 0 bridgehead atoms. The zero-order chi connectivity index (χ0) is 21.6. The number of piperazine rings is 2. The highest BCUT2D eigenvalue weighted by Gasteiger charge is 2.23. The van der Waals surface area contributed by atoms with Gasteiger partial charge in [0.25, 0.3) is 5.91 Å². The lowest BCUT2D eigenvalue weighted by Crippen LogP contribution is -2.50. The molecule has 0 N–H and O–H groups in total. The van der Waals surface area contributed by atoms with Crippen molar-refractivity contribution in [3.05, 3.63) is 36.7 Å². The minimum absolute atomic E-state index is 0.00142. The molecule has 0 unspecified atom stereocenters. The van der Waals surface area contributed by atoms with Crippen LogP contribution in [0.5, 0.6) is 11.5 Å². The van der Waals surface area contributed by atoms with Gasteiger partial charge in [-0.05, 0) is 19.2 Å². The molecule has 3 heterocycles. The molecule has 2 saturated heterocycles. The SMILES string of the molecule is COc1ccccc1OCC(=O)N1CCN(c2cc(N3CCN(C)CC3)ncn2)CC1. The lowest BCUT2D eigenvalue weighted by atomic mass is 10.3. The second kappa shape index (κ2) is 9.82. The summed E-state index contributed by atoms with van der Waals surface area (Å²) < 4.78 is 11.0. The Kier molecular flexibility index (Phi) is 6.71. The standard InChI is InChI=1S/C22H30N6O3/c1-25-7-9-26(10-8-25)20-15-21(24-17-23-20)27-11-13-28(14-12-27)22(29)16-31-19-6-4-3-5-18(19)30-2/h3-6,15,17H,7-14,16H2,1-2H3. The monoisotopic (exact) mass is 426 g/mol. The van der Waals surface area contributed by atoms with Crippen LogP contribution in [-0.2, 0) is 4.79 Å². The molecule has 0 spiro atoms. The third kappa shape index (κ3) is 5.16. The molecule has 9 nitrogen and oxygen atoms in total. The lowest BCUT2D eigenvalue weighted by molar-refractivity contribution is -0.133. The second-order valence-electron chi connectivity index (χ2n) is 7.83. The van der Waals surface area contributed by atoms with Crippen LogP contribution in [0.25, 0.3) is 0 Å². The molecule has 4 rings (SSSR count). The van der Waals surface area contributed by atoms with Crippen LogP contribution < -0.4 is 19.3 Å². The molecule has 1 aromatic carbocycles. The molecule has 166 valence electrons. The summed E-state index contributed by atoms with van der Waals surface area (Å²) in [6, 6.07) is 9.41. The Morgan fingerprint density at radius 1 is 0.903 bits per heavy atom. The molecule has 31 heavy (non-hydrogen) atoms. The Bertz CT molecular complexity index is 879. The van der Waals surface area contributed by atoms with Crippen LogP contribution in [0.3, 0.4) is 0 Å². The van der Waals surface area contributed by atoms with Crippen LogP contribution in [0.2, 0.25) is 0 Å². The first kappa shape index (κ1) is 21.2. The van der Waals surface area contributed by atoms with Gasteiger partial charge in [0, 0.05) is 58.4 Å². The summed E-state index contributed by atoms with van der Waals surface area (Å²) in [5.74, 6) is 3.07. The van der Waals surface area contributed by atoms with Crippen molar-refractivity contribution >= 4 is 17.5 Å². The number of benzene rings is 1. The van der Waals surface area contributed by atoms with Crippen molar-refractivity contribution in [3.8, 4) is 11.5 Å². The van der Waals surface area contributed by atoms with Gasteiger partial charge in [0.1, 0.15) is 18.0 Å². The Balaban J connectivity index is 1.29. The quantitative estimate of drug-likeness (QED) is 0.677. The van der Waals surface area contributed by atoms with Crippen LogP contribution in [0, 0.1) is 0 Å². The van der Waals surface area contributed by atoms with Crippen LogP contribution in [0.15, 0.2) is 36.7 Å². The molecule has 1 amide bonds. The average molecular weight is 427 g/mol. The molecule has 2 aliphatic heterocycles. The predicted octanol–water partition coefficient (Wildman–Crippen LogP) is 0.965. The Hall–Kier alpha value is -3.07. The van der Waals surface area contributed by atoms with E-state index < -0.39 is 0 Å². The van der Waals surface area contributed by atoms with Crippen molar-refractivity contribution in [1.82, 2.24) is 19.8 Å². The van der Waals surface area contributed by atoms with Crippen molar-refractivity contribution in [2.45, 2.75) is 0 Å². The van der Waals surface area contributed by atoms with Gasteiger partial charge in [0.05, 0.1) is 7.11 Å². The zero-order valence-electron chi connectivity index (χ0n) is 18.2. The van der Waals surface area contributed by atoms with Gasteiger partial charge in [-0.25, -0.2) is 9.97 Å². The van der Waals surface area contributed by atoms with Gasteiger partial charge in [-0.15, -0.1) is 0 Å². The highest BCUT2D eigenvalue weighted by atomic mass is 16.5. The fourth-order valence-corrected chi connectivity index (χ4v) is 3.87. The van der Waals surface area contributed by atoms with Crippen molar-refractivity contribution in [1.29, 1.82) is 0 Å². The summed E-state index contributed by atoms with van der Waals surface area (Å²) in [4.78, 5) is 30.2. The summed E-state index contributed by atoms with van der Waals surface area (Å²) in [6.07, 6.45) is 1.64. The van der Waals surface area contributed by atoms with Gasteiger partial charge in [-0.1, -0.05) is 12.1 Å². The Labute approximate surface area is 183 Å². The van der Waals surface area contributed by atoms with E-state index in [1.54, 1.807) is 19.5 Å². The normalized spacial score (nSPS) is 17.5. The van der Waals surface area contributed by atoms with Gasteiger partial charge >= 0.3 is 0 Å². The van der Waals surface area contributed by atoms with Crippen LogP contribution in [0.1, 0.15) is 0 Å². The van der Waals surface area contributed by atoms with Gasteiger partial charge < -0.3 is 29.1 Å². The number of carbonyl (C=O) groups is 1. The number of hydrogen-bond donors (Lipinski definition) is 0. The van der Waals surface area contributed by atoms with Crippen LogP contribution >= 0.6 is 0 Å². The highest BCUT2D eigenvalue weighted by molar-refractivity contribution is 5.78. The smallest absolute Gasteiger partial charge is 0.260 e. The molecule has 0 atom stereocenters. The maximum Gasteiger partial charge on any atom is 0.260 e. The number of rotatable bonds is 6. The molecule has 1 aromatic heterocycles. The van der Waals surface area contributed by atoms with Crippen LogP contribution in [0.4, 0.5) is 11.6 Å². The highest BCUT2D eigenvalue weighted by Crippen LogP contribution is 2.26.